The number of aromatic nitrogens is 2. The van der Waals surface area contributed by atoms with Gasteiger partial charge in [-0.25, -0.2) is 4.98 Å². The fourth-order valence-electron chi connectivity index (χ4n) is 2.58. The minimum absolute atomic E-state index is 0.597. The molecule has 1 N–H and O–H groups in total. The van der Waals surface area contributed by atoms with Crippen LogP contribution >= 0.6 is 0 Å². The molecule has 0 aromatic carbocycles. The van der Waals surface area contributed by atoms with E-state index >= 15 is 0 Å². The Hall–Kier alpha value is -1.03. The van der Waals surface area contributed by atoms with Gasteiger partial charge in [-0.3, -0.25) is 0 Å². The number of nitrogens with one attached hydrogen (secondary N) is 1. The normalized spacial score (nSPS) is 21.4. The zero-order valence-corrected chi connectivity index (χ0v) is 10.5. The molecular weight excluding hydrogens is 200 g/mol. The van der Waals surface area contributed by atoms with Gasteiger partial charge in [-0.05, 0) is 33.2 Å². The third kappa shape index (κ3) is 2.21. The van der Waals surface area contributed by atoms with Crippen molar-refractivity contribution in [3.63, 3.8) is 0 Å². The van der Waals surface area contributed by atoms with Crippen LogP contribution in [0.25, 0.3) is 0 Å². The van der Waals surface area contributed by atoms with Crippen LogP contribution in [0.1, 0.15) is 25.0 Å². The van der Waals surface area contributed by atoms with E-state index in [1.807, 2.05) is 7.05 Å². The number of anilines is 1. The Morgan fingerprint density at radius 2 is 2.31 bits per heavy atom. The van der Waals surface area contributed by atoms with E-state index in [9.17, 15) is 0 Å². The molecule has 1 atom stereocenters. The molecule has 1 aromatic rings. The molecule has 4 heteroatoms. The van der Waals surface area contributed by atoms with Crippen LogP contribution in [0.15, 0.2) is 6.20 Å². The molecule has 1 saturated heterocycles. The average molecular weight is 222 g/mol. The number of aryl methyl sites for hydroxylation is 2. The minimum atomic E-state index is 0.597. The van der Waals surface area contributed by atoms with Gasteiger partial charge in [-0.15, -0.1) is 0 Å². The molecule has 1 aliphatic heterocycles. The molecule has 0 amide bonds. The topological polar surface area (TPSA) is 33.1 Å². The quantitative estimate of drug-likeness (QED) is 0.837. The van der Waals surface area contributed by atoms with Gasteiger partial charge in [0.25, 0.3) is 0 Å². The highest BCUT2D eigenvalue weighted by Gasteiger charge is 2.24. The maximum absolute atomic E-state index is 4.63. The minimum Gasteiger partial charge on any atom is -0.338 e. The molecule has 0 bridgehead atoms. The molecular formula is C12H22N4. The highest BCUT2D eigenvalue weighted by molar-refractivity contribution is 5.35. The first-order chi connectivity index (χ1) is 7.72. The van der Waals surface area contributed by atoms with Gasteiger partial charge in [0.1, 0.15) is 0 Å². The van der Waals surface area contributed by atoms with Crippen LogP contribution < -0.4 is 10.2 Å². The zero-order valence-electron chi connectivity index (χ0n) is 10.5. The molecule has 90 valence electrons. The number of hydrogen-bond donors (Lipinski definition) is 1. The fraction of sp³-hybridized carbons (Fsp3) is 0.750. The van der Waals surface area contributed by atoms with Crippen molar-refractivity contribution in [3.05, 3.63) is 11.9 Å². The number of likely N-dealkylation sites (N-methyl/N-ethyl adjacent to an activating group) is 1. The van der Waals surface area contributed by atoms with Crippen molar-refractivity contribution in [2.45, 2.75) is 32.2 Å². The second-order valence-corrected chi connectivity index (χ2v) is 4.69. The molecule has 1 aromatic heterocycles. The van der Waals surface area contributed by atoms with Gasteiger partial charge < -0.3 is 14.8 Å². The molecule has 0 aliphatic carbocycles. The molecule has 0 spiro atoms. The van der Waals surface area contributed by atoms with Crippen molar-refractivity contribution in [3.8, 4) is 0 Å². The highest BCUT2D eigenvalue weighted by Crippen LogP contribution is 2.23. The average Bonchev–Trinajstić information content (AvgIpc) is 2.59. The SMILES string of the molecule is CNCC1CCCCN1c1nc(C)cn1C. The lowest BCUT2D eigenvalue weighted by molar-refractivity contribution is 0.437. The van der Waals surface area contributed by atoms with E-state index in [0.29, 0.717) is 6.04 Å². The molecule has 4 nitrogen and oxygen atoms in total. The third-order valence-electron chi connectivity index (χ3n) is 3.30. The summed E-state index contributed by atoms with van der Waals surface area (Å²) in [5.74, 6) is 1.12. The van der Waals surface area contributed by atoms with E-state index in [1.165, 1.54) is 19.3 Å². The van der Waals surface area contributed by atoms with Crippen LogP contribution in [0.4, 0.5) is 5.95 Å². The van der Waals surface area contributed by atoms with Crippen LogP contribution in [0.3, 0.4) is 0 Å². The second kappa shape index (κ2) is 4.87. The predicted molar refractivity (Wildman–Crippen MR) is 66.9 cm³/mol. The Kier molecular flexibility index (Phi) is 3.49. The van der Waals surface area contributed by atoms with E-state index in [2.05, 4.69) is 39.9 Å². The third-order valence-corrected chi connectivity index (χ3v) is 3.30. The van der Waals surface area contributed by atoms with E-state index < -0.39 is 0 Å². The predicted octanol–water partition coefficient (Wildman–Crippen LogP) is 1.31. The van der Waals surface area contributed by atoms with Crippen molar-refractivity contribution in [1.29, 1.82) is 0 Å². The Labute approximate surface area is 97.7 Å². The van der Waals surface area contributed by atoms with Crippen molar-refractivity contribution in [2.24, 2.45) is 7.05 Å². The molecule has 0 radical (unpaired) electrons. The summed E-state index contributed by atoms with van der Waals surface area (Å²) >= 11 is 0. The Bertz CT molecular complexity index is 343. The molecule has 1 fully saturated rings. The molecule has 2 rings (SSSR count). The number of piperidine rings is 1. The summed E-state index contributed by atoms with van der Waals surface area (Å²) in [4.78, 5) is 7.08. The van der Waals surface area contributed by atoms with Gasteiger partial charge in [0, 0.05) is 32.4 Å². The van der Waals surface area contributed by atoms with Crippen molar-refractivity contribution >= 4 is 5.95 Å². The van der Waals surface area contributed by atoms with Crippen LogP contribution in [0, 0.1) is 6.92 Å². The largest absolute Gasteiger partial charge is 0.338 e. The van der Waals surface area contributed by atoms with Crippen LogP contribution in [-0.2, 0) is 7.05 Å². The van der Waals surface area contributed by atoms with E-state index in [-0.39, 0.29) is 0 Å². The second-order valence-electron chi connectivity index (χ2n) is 4.69. The Morgan fingerprint density at radius 1 is 1.50 bits per heavy atom. The van der Waals surface area contributed by atoms with Gasteiger partial charge >= 0.3 is 0 Å². The van der Waals surface area contributed by atoms with Gasteiger partial charge in [-0.2, -0.15) is 0 Å². The van der Waals surface area contributed by atoms with Gasteiger partial charge in [0.15, 0.2) is 0 Å². The first kappa shape index (κ1) is 11.5. The monoisotopic (exact) mass is 222 g/mol. The van der Waals surface area contributed by atoms with Crippen LogP contribution in [0.2, 0.25) is 0 Å². The highest BCUT2D eigenvalue weighted by atomic mass is 15.3. The van der Waals surface area contributed by atoms with Crippen molar-refractivity contribution in [1.82, 2.24) is 14.9 Å². The van der Waals surface area contributed by atoms with Gasteiger partial charge in [0.05, 0.1) is 5.69 Å². The molecule has 2 heterocycles. The molecule has 1 unspecified atom stereocenters. The summed E-state index contributed by atoms with van der Waals surface area (Å²) in [6, 6.07) is 0.597. The van der Waals surface area contributed by atoms with E-state index in [4.69, 9.17) is 0 Å². The van der Waals surface area contributed by atoms with Crippen molar-refractivity contribution in [2.75, 3.05) is 25.0 Å². The summed E-state index contributed by atoms with van der Waals surface area (Å²) in [5.41, 5.74) is 1.10. The standard InChI is InChI=1S/C12H22N4/c1-10-9-15(3)12(14-10)16-7-5-4-6-11(16)8-13-2/h9,11,13H,4-8H2,1-3H3. The zero-order chi connectivity index (χ0) is 11.5. The number of hydrogen-bond acceptors (Lipinski definition) is 3. The lowest BCUT2D eigenvalue weighted by Gasteiger charge is -2.36. The maximum atomic E-state index is 4.63. The fourth-order valence-corrected chi connectivity index (χ4v) is 2.58. The molecule has 1 aliphatic rings. The summed E-state index contributed by atoms with van der Waals surface area (Å²) in [6.45, 7) is 4.24. The lowest BCUT2D eigenvalue weighted by atomic mass is 10.0. The van der Waals surface area contributed by atoms with Crippen LogP contribution in [-0.4, -0.2) is 35.7 Å². The summed E-state index contributed by atoms with van der Waals surface area (Å²) < 4.78 is 2.14. The van der Waals surface area contributed by atoms with E-state index in [0.717, 1.165) is 24.7 Å². The number of nitrogens with zero attached hydrogens (tertiary/aromatic N) is 3. The summed E-state index contributed by atoms with van der Waals surface area (Å²) in [5, 5.41) is 3.28. The smallest absolute Gasteiger partial charge is 0.205 e. The lowest BCUT2D eigenvalue weighted by Crippen LogP contribution is -2.46. The summed E-state index contributed by atoms with van der Waals surface area (Å²) in [7, 11) is 4.11. The number of imidazole rings is 1. The molecule has 0 saturated carbocycles. The van der Waals surface area contributed by atoms with Gasteiger partial charge in [0.2, 0.25) is 5.95 Å². The Morgan fingerprint density at radius 3 is 2.94 bits per heavy atom. The van der Waals surface area contributed by atoms with Gasteiger partial charge in [-0.1, -0.05) is 0 Å². The number of rotatable bonds is 3. The van der Waals surface area contributed by atoms with Crippen LogP contribution in [0.5, 0.6) is 0 Å². The maximum Gasteiger partial charge on any atom is 0.205 e. The van der Waals surface area contributed by atoms with Crippen molar-refractivity contribution < 1.29 is 0 Å². The van der Waals surface area contributed by atoms with E-state index in [1.54, 1.807) is 0 Å². The summed E-state index contributed by atoms with van der Waals surface area (Å²) in [6.07, 6.45) is 5.99. The molecule has 16 heavy (non-hydrogen) atoms. The Balaban J connectivity index is 2.19. The first-order valence-corrected chi connectivity index (χ1v) is 6.13. The first-order valence-electron chi connectivity index (χ1n) is 6.13.